The van der Waals surface area contributed by atoms with Crippen molar-refractivity contribution < 1.29 is 19.5 Å². The highest BCUT2D eigenvalue weighted by molar-refractivity contribution is 9.10. The van der Waals surface area contributed by atoms with Gasteiger partial charge in [0.25, 0.3) is 5.91 Å². The third-order valence-corrected chi connectivity index (χ3v) is 6.96. The van der Waals surface area contributed by atoms with Gasteiger partial charge in [0.05, 0.1) is 23.0 Å². The second-order valence-electron chi connectivity index (χ2n) is 9.12. The fourth-order valence-electron chi connectivity index (χ4n) is 4.57. The second kappa shape index (κ2) is 10.1. The van der Waals surface area contributed by atoms with Crippen molar-refractivity contribution in [1.82, 2.24) is 10.3 Å². The maximum atomic E-state index is 14.0. The van der Waals surface area contributed by atoms with Crippen LogP contribution < -0.4 is 15.5 Å². The van der Waals surface area contributed by atoms with E-state index in [-0.39, 0.29) is 23.3 Å². The fraction of sp³-hybridized carbons (Fsp3) is 0.259. The van der Waals surface area contributed by atoms with Crippen molar-refractivity contribution in [2.45, 2.75) is 25.2 Å². The van der Waals surface area contributed by atoms with Gasteiger partial charge in [0.2, 0.25) is 5.91 Å². The molecule has 0 aliphatic carbocycles. The number of pyridine rings is 1. The predicted molar refractivity (Wildman–Crippen MR) is 142 cm³/mol. The molecule has 0 radical (unpaired) electrons. The third-order valence-electron chi connectivity index (χ3n) is 6.52. The normalized spacial score (nSPS) is 14.2. The summed E-state index contributed by atoms with van der Waals surface area (Å²) in [7, 11) is 1.53. The quantitative estimate of drug-likeness (QED) is 0.375. The number of halogens is 1. The van der Waals surface area contributed by atoms with Crippen molar-refractivity contribution in [3.8, 4) is 0 Å². The molecule has 0 bridgehead atoms. The molecule has 186 valence electrons. The first-order valence-corrected chi connectivity index (χ1v) is 12.3. The fourth-order valence-corrected chi connectivity index (χ4v) is 4.90. The molecular formula is C27H27BrN4O4. The molecule has 4 rings (SSSR count). The van der Waals surface area contributed by atoms with Crippen LogP contribution in [-0.2, 0) is 10.2 Å². The van der Waals surface area contributed by atoms with Crippen molar-refractivity contribution in [2.24, 2.45) is 0 Å². The summed E-state index contributed by atoms with van der Waals surface area (Å²) in [6.45, 7) is 4.98. The Kier molecular flexibility index (Phi) is 7.12. The van der Waals surface area contributed by atoms with Crippen molar-refractivity contribution in [3.63, 3.8) is 0 Å². The van der Waals surface area contributed by atoms with Gasteiger partial charge in [-0.2, -0.15) is 0 Å². The number of hydrogen-bond donors (Lipinski definition) is 3. The molecule has 0 saturated carbocycles. The molecule has 1 fully saturated rings. The number of nitrogens with one attached hydrogen (secondary N) is 2. The Hall–Kier alpha value is -3.72. The Balaban J connectivity index is 1.71. The highest BCUT2D eigenvalue weighted by atomic mass is 79.9. The Morgan fingerprint density at radius 1 is 1.08 bits per heavy atom. The van der Waals surface area contributed by atoms with E-state index in [0.29, 0.717) is 28.9 Å². The number of carboxylic acid groups (broad SMARTS) is 1. The van der Waals surface area contributed by atoms with Gasteiger partial charge in [-0.3, -0.25) is 9.59 Å². The van der Waals surface area contributed by atoms with Crippen LogP contribution in [0.4, 0.5) is 11.4 Å². The van der Waals surface area contributed by atoms with E-state index in [4.69, 9.17) is 0 Å². The molecule has 8 nitrogen and oxygen atoms in total. The molecule has 1 aliphatic heterocycles. The summed E-state index contributed by atoms with van der Waals surface area (Å²) in [5.74, 6) is -1.35. The zero-order valence-corrected chi connectivity index (χ0v) is 21.8. The molecule has 2 amide bonds. The zero-order valence-electron chi connectivity index (χ0n) is 20.2. The van der Waals surface area contributed by atoms with Crippen LogP contribution in [0.25, 0.3) is 0 Å². The molecule has 3 N–H and O–H groups in total. The largest absolute Gasteiger partial charge is 0.478 e. The van der Waals surface area contributed by atoms with Crippen LogP contribution in [0.5, 0.6) is 0 Å². The molecule has 1 saturated heterocycles. The molecule has 0 atom stereocenters. The molecule has 9 heteroatoms. The van der Waals surface area contributed by atoms with Gasteiger partial charge in [-0.1, -0.05) is 38.1 Å². The monoisotopic (exact) mass is 550 g/mol. The van der Waals surface area contributed by atoms with Crippen molar-refractivity contribution in [1.29, 1.82) is 0 Å². The van der Waals surface area contributed by atoms with Crippen LogP contribution in [0.1, 0.15) is 51.6 Å². The van der Waals surface area contributed by atoms with Crippen LogP contribution >= 0.6 is 15.9 Å². The van der Waals surface area contributed by atoms with Gasteiger partial charge in [0.15, 0.2) is 0 Å². The number of aromatic nitrogens is 1. The van der Waals surface area contributed by atoms with Crippen molar-refractivity contribution in [2.75, 3.05) is 30.4 Å². The maximum absolute atomic E-state index is 14.0. The van der Waals surface area contributed by atoms with E-state index < -0.39 is 11.4 Å². The number of hydrogen-bond acceptors (Lipinski definition) is 5. The summed E-state index contributed by atoms with van der Waals surface area (Å²) in [6.07, 6.45) is 1.47. The van der Waals surface area contributed by atoms with E-state index in [1.54, 1.807) is 30.3 Å². The second-order valence-corrected chi connectivity index (χ2v) is 9.93. The number of anilines is 2. The Morgan fingerprint density at radius 3 is 2.36 bits per heavy atom. The Morgan fingerprint density at radius 2 is 1.75 bits per heavy atom. The van der Waals surface area contributed by atoms with Crippen LogP contribution in [0.3, 0.4) is 0 Å². The van der Waals surface area contributed by atoms with Crippen LogP contribution in [0.15, 0.2) is 65.4 Å². The summed E-state index contributed by atoms with van der Waals surface area (Å²) >= 11 is 3.29. The number of carboxylic acids is 1. The molecule has 3 aromatic rings. The number of nitrogens with zero attached hydrogens (tertiary/aromatic N) is 2. The summed E-state index contributed by atoms with van der Waals surface area (Å²) in [6, 6.07) is 16.1. The summed E-state index contributed by atoms with van der Waals surface area (Å²) in [4.78, 5) is 43.9. The van der Waals surface area contributed by atoms with Gasteiger partial charge in [0.1, 0.15) is 10.0 Å². The Bertz CT molecular complexity index is 1320. The van der Waals surface area contributed by atoms with Gasteiger partial charge in [0, 0.05) is 25.8 Å². The van der Waals surface area contributed by atoms with E-state index in [9.17, 15) is 19.5 Å². The molecular weight excluding hydrogens is 524 g/mol. The minimum atomic E-state index is -0.986. The molecule has 2 aromatic carbocycles. The van der Waals surface area contributed by atoms with Crippen molar-refractivity contribution in [3.05, 3.63) is 87.7 Å². The molecule has 1 aromatic heterocycles. The lowest BCUT2D eigenvalue weighted by atomic mass is 9.69. The van der Waals surface area contributed by atoms with Crippen molar-refractivity contribution >= 4 is 45.1 Å². The van der Waals surface area contributed by atoms with Gasteiger partial charge in [-0.15, -0.1) is 0 Å². The smallest absolute Gasteiger partial charge is 0.335 e. The van der Waals surface area contributed by atoms with E-state index in [2.05, 4.69) is 45.4 Å². The lowest BCUT2D eigenvalue weighted by molar-refractivity contribution is -0.122. The van der Waals surface area contributed by atoms with E-state index in [0.717, 1.165) is 16.8 Å². The van der Waals surface area contributed by atoms with Crippen LogP contribution in [0, 0.1) is 0 Å². The van der Waals surface area contributed by atoms with Crippen LogP contribution in [-0.4, -0.2) is 48.0 Å². The van der Waals surface area contributed by atoms with Gasteiger partial charge in [-0.05, 0) is 63.3 Å². The first-order chi connectivity index (χ1) is 17.2. The van der Waals surface area contributed by atoms with E-state index >= 15 is 0 Å². The third kappa shape index (κ3) is 4.70. The number of carbonyl (C=O) groups is 3. The topological polar surface area (TPSA) is 112 Å². The van der Waals surface area contributed by atoms with E-state index in [1.165, 1.54) is 13.2 Å². The first-order valence-electron chi connectivity index (χ1n) is 11.5. The average molecular weight is 551 g/mol. The summed E-state index contributed by atoms with van der Waals surface area (Å²) < 4.78 is 0.485. The molecule has 1 aliphatic rings. The zero-order chi connectivity index (χ0) is 26.0. The van der Waals surface area contributed by atoms with Gasteiger partial charge in [-0.25, -0.2) is 9.78 Å². The number of benzene rings is 2. The number of carbonyl (C=O) groups excluding carboxylic acids is 2. The first kappa shape index (κ1) is 25.4. The number of amides is 2. The minimum Gasteiger partial charge on any atom is -0.478 e. The lowest BCUT2D eigenvalue weighted by Gasteiger charge is -2.51. The SMILES string of the molecule is CNC(=O)c1cc(Br)ncc1NC(=O)C1(c2ccccc2C(C)C)CN(c2ccc(C(=O)O)cc2)C1. The summed E-state index contributed by atoms with van der Waals surface area (Å²) in [5, 5.41) is 14.8. The maximum Gasteiger partial charge on any atom is 0.335 e. The number of rotatable bonds is 7. The standard InChI is InChI=1S/C27H27BrN4O4/c1-16(2)19-6-4-5-7-21(19)27(14-32(15-27)18-10-8-17(9-11-18)25(34)35)26(36)31-22-13-30-23(28)12-20(22)24(33)29-3/h4-13,16H,14-15H2,1-3H3,(H,29,33)(H,31,36)(H,34,35). The van der Waals surface area contributed by atoms with E-state index in [1.807, 2.05) is 29.2 Å². The highest BCUT2D eigenvalue weighted by Crippen LogP contribution is 2.42. The van der Waals surface area contributed by atoms with Gasteiger partial charge >= 0.3 is 5.97 Å². The summed E-state index contributed by atoms with van der Waals surface area (Å²) in [5.41, 5.74) is 2.81. The predicted octanol–water partition coefficient (Wildman–Crippen LogP) is 4.42. The molecule has 0 spiro atoms. The average Bonchev–Trinajstić information content (AvgIpc) is 2.84. The van der Waals surface area contributed by atoms with Crippen LogP contribution in [0.2, 0.25) is 0 Å². The molecule has 2 heterocycles. The highest BCUT2D eigenvalue weighted by Gasteiger charge is 2.52. The van der Waals surface area contributed by atoms with Gasteiger partial charge < -0.3 is 20.6 Å². The Labute approximate surface area is 217 Å². The lowest BCUT2D eigenvalue weighted by Crippen LogP contribution is -2.65. The molecule has 36 heavy (non-hydrogen) atoms. The number of aromatic carboxylic acids is 1. The minimum absolute atomic E-state index is 0.200. The molecule has 0 unspecified atom stereocenters.